The lowest BCUT2D eigenvalue weighted by molar-refractivity contribution is -0.0891. The Labute approximate surface area is 171 Å². The van der Waals surface area contributed by atoms with E-state index in [1.807, 2.05) is 13.8 Å². The van der Waals surface area contributed by atoms with Crippen LogP contribution in [0.3, 0.4) is 0 Å². The van der Waals surface area contributed by atoms with Crippen LogP contribution >= 0.6 is 0 Å². The van der Waals surface area contributed by atoms with Gasteiger partial charge in [0.25, 0.3) is 0 Å². The van der Waals surface area contributed by atoms with Gasteiger partial charge in [0.2, 0.25) is 0 Å². The first-order chi connectivity index (χ1) is 12.9. The van der Waals surface area contributed by atoms with Gasteiger partial charge in [-0.05, 0) is 104 Å². The van der Waals surface area contributed by atoms with Crippen molar-refractivity contribution in [2.24, 2.45) is 45.8 Å². The van der Waals surface area contributed by atoms with Gasteiger partial charge in [-0.1, -0.05) is 60.5 Å². The van der Waals surface area contributed by atoms with Crippen molar-refractivity contribution in [1.29, 1.82) is 0 Å². The molecule has 4 aliphatic rings. The molecule has 7 unspecified atom stereocenters. The van der Waals surface area contributed by atoms with Gasteiger partial charge in [0.1, 0.15) is 0 Å². The second-order valence-corrected chi connectivity index (χ2v) is 11.0. The number of allylic oxidation sites excluding steroid dienone is 1. The lowest BCUT2D eigenvalue weighted by Gasteiger charge is -2.58. The third-order valence-electron chi connectivity index (χ3n) is 10.3. The summed E-state index contributed by atoms with van der Waals surface area (Å²) in [7, 11) is 0. The average Bonchev–Trinajstić information content (AvgIpc) is 3.40. The Balaban J connectivity index is 0.00000102. The number of fused-ring (bicyclic) bond motifs is 3. The molecular formula is C27H48. The Bertz CT molecular complexity index is 514. The van der Waals surface area contributed by atoms with Gasteiger partial charge < -0.3 is 0 Å². The van der Waals surface area contributed by atoms with Crippen LogP contribution in [0.2, 0.25) is 0 Å². The topological polar surface area (TPSA) is 0 Å². The van der Waals surface area contributed by atoms with Crippen molar-refractivity contribution in [3.05, 3.63) is 12.7 Å². The second-order valence-electron chi connectivity index (χ2n) is 11.0. The molecule has 0 aromatic rings. The van der Waals surface area contributed by atoms with Gasteiger partial charge >= 0.3 is 0 Å². The molecule has 4 fully saturated rings. The predicted molar refractivity (Wildman–Crippen MR) is 120 cm³/mol. The first kappa shape index (κ1) is 21.4. The molecule has 27 heavy (non-hydrogen) atoms. The molecule has 0 amide bonds. The van der Waals surface area contributed by atoms with Crippen LogP contribution in [0.5, 0.6) is 0 Å². The second kappa shape index (κ2) is 7.87. The van der Waals surface area contributed by atoms with Crippen molar-refractivity contribution in [2.75, 3.05) is 0 Å². The minimum atomic E-state index is 0.547. The Morgan fingerprint density at radius 3 is 2.11 bits per heavy atom. The van der Waals surface area contributed by atoms with E-state index in [1.165, 1.54) is 70.6 Å². The van der Waals surface area contributed by atoms with Crippen molar-refractivity contribution >= 4 is 0 Å². The highest BCUT2D eigenvalue weighted by Gasteiger charge is 2.63. The monoisotopic (exact) mass is 372 g/mol. The number of rotatable bonds is 5. The largest absolute Gasteiger partial charge is 0.103 e. The van der Waals surface area contributed by atoms with Crippen LogP contribution in [-0.4, -0.2) is 0 Å². The molecular weight excluding hydrogens is 324 g/mol. The lowest BCUT2D eigenvalue weighted by atomic mass is 9.47. The third kappa shape index (κ3) is 3.26. The molecule has 0 heterocycles. The van der Waals surface area contributed by atoms with E-state index in [4.69, 9.17) is 0 Å². The minimum Gasteiger partial charge on any atom is -0.103 e. The van der Waals surface area contributed by atoms with E-state index in [9.17, 15) is 0 Å². The quantitative estimate of drug-likeness (QED) is 0.423. The smallest absolute Gasteiger partial charge is 0.00867 e. The molecule has 0 aromatic heterocycles. The SMILES string of the molecule is C=CC1(C2CCC3C4CCC(C)(CC)C(CCC)C4CCC32C)CC1.CC. The lowest BCUT2D eigenvalue weighted by Crippen LogP contribution is -2.50. The van der Waals surface area contributed by atoms with Crippen molar-refractivity contribution in [3.63, 3.8) is 0 Å². The predicted octanol–water partition coefficient (Wildman–Crippen LogP) is 8.66. The van der Waals surface area contributed by atoms with Crippen LogP contribution < -0.4 is 0 Å². The summed E-state index contributed by atoms with van der Waals surface area (Å²) in [5.41, 5.74) is 1.80. The molecule has 0 saturated heterocycles. The Morgan fingerprint density at radius 2 is 1.56 bits per heavy atom. The first-order valence-electron chi connectivity index (χ1n) is 12.6. The molecule has 0 aliphatic heterocycles. The molecule has 0 heteroatoms. The zero-order valence-corrected chi connectivity index (χ0v) is 19.4. The van der Waals surface area contributed by atoms with Crippen LogP contribution in [0.15, 0.2) is 12.7 Å². The molecule has 4 aliphatic carbocycles. The van der Waals surface area contributed by atoms with Crippen LogP contribution in [-0.2, 0) is 0 Å². The normalized spacial score (nSPS) is 47.3. The van der Waals surface area contributed by atoms with Crippen molar-refractivity contribution in [3.8, 4) is 0 Å². The highest BCUT2D eigenvalue weighted by molar-refractivity contribution is 5.18. The van der Waals surface area contributed by atoms with Gasteiger partial charge in [0.15, 0.2) is 0 Å². The van der Waals surface area contributed by atoms with E-state index >= 15 is 0 Å². The fourth-order valence-electron chi connectivity index (χ4n) is 8.53. The minimum absolute atomic E-state index is 0.547. The summed E-state index contributed by atoms with van der Waals surface area (Å²) in [4.78, 5) is 0. The van der Waals surface area contributed by atoms with Gasteiger partial charge in [-0.2, -0.15) is 0 Å². The molecule has 0 bridgehead atoms. The van der Waals surface area contributed by atoms with Crippen LogP contribution in [0.1, 0.15) is 112 Å². The molecule has 4 saturated carbocycles. The van der Waals surface area contributed by atoms with Gasteiger partial charge in [-0.15, -0.1) is 6.58 Å². The summed E-state index contributed by atoms with van der Waals surface area (Å²) >= 11 is 0. The van der Waals surface area contributed by atoms with Crippen molar-refractivity contribution in [1.82, 2.24) is 0 Å². The van der Waals surface area contributed by atoms with Gasteiger partial charge in [-0.25, -0.2) is 0 Å². The standard InChI is InChI=1S/C25H42.C2H6/c1-6-9-20-18-13-15-24(5)21(19(18)12-14-23(20,4)7-2)10-11-22(24)25(8-3)16-17-25;1-2/h8,18-22H,3,6-7,9-17H2,1-2,4-5H3;1-2H3. The van der Waals surface area contributed by atoms with Crippen LogP contribution in [0.25, 0.3) is 0 Å². The zero-order valence-electron chi connectivity index (χ0n) is 19.4. The highest BCUT2D eigenvalue weighted by atomic mass is 14.7. The summed E-state index contributed by atoms with van der Waals surface area (Å²) in [5, 5.41) is 0. The van der Waals surface area contributed by atoms with Crippen LogP contribution in [0, 0.1) is 45.8 Å². The van der Waals surface area contributed by atoms with E-state index in [1.54, 1.807) is 0 Å². The summed E-state index contributed by atoms with van der Waals surface area (Å²) < 4.78 is 0. The van der Waals surface area contributed by atoms with Gasteiger partial charge in [-0.3, -0.25) is 0 Å². The molecule has 156 valence electrons. The molecule has 0 N–H and O–H groups in total. The molecule has 0 radical (unpaired) electrons. The average molecular weight is 373 g/mol. The van der Waals surface area contributed by atoms with Gasteiger partial charge in [0.05, 0.1) is 0 Å². The fraction of sp³-hybridized carbons (Fsp3) is 0.926. The third-order valence-corrected chi connectivity index (χ3v) is 10.3. The number of hydrogen-bond acceptors (Lipinski definition) is 0. The molecule has 0 aromatic carbocycles. The molecule has 0 nitrogen and oxygen atoms in total. The highest BCUT2D eigenvalue weighted by Crippen LogP contribution is 2.71. The molecule has 4 rings (SSSR count). The fourth-order valence-corrected chi connectivity index (χ4v) is 8.53. The van der Waals surface area contributed by atoms with E-state index in [0.717, 1.165) is 29.6 Å². The maximum atomic E-state index is 4.26. The Kier molecular flexibility index (Phi) is 6.25. The maximum Gasteiger partial charge on any atom is -0.00867 e. The number of hydrogen-bond donors (Lipinski definition) is 0. The Hall–Kier alpha value is -0.260. The zero-order chi connectivity index (χ0) is 19.9. The summed E-state index contributed by atoms with van der Waals surface area (Å²) in [6, 6.07) is 0. The molecule has 0 spiro atoms. The van der Waals surface area contributed by atoms with Gasteiger partial charge in [0, 0.05) is 0 Å². The maximum absolute atomic E-state index is 4.26. The van der Waals surface area contributed by atoms with E-state index < -0.39 is 0 Å². The van der Waals surface area contributed by atoms with E-state index in [2.05, 4.69) is 40.3 Å². The summed E-state index contributed by atoms with van der Waals surface area (Å²) in [6.45, 7) is 18.5. The van der Waals surface area contributed by atoms with E-state index in [0.29, 0.717) is 16.2 Å². The summed E-state index contributed by atoms with van der Waals surface area (Å²) in [5.74, 6) is 5.05. The summed E-state index contributed by atoms with van der Waals surface area (Å²) in [6.07, 6.45) is 18.6. The Morgan fingerprint density at radius 1 is 0.889 bits per heavy atom. The van der Waals surface area contributed by atoms with Crippen molar-refractivity contribution in [2.45, 2.75) is 112 Å². The van der Waals surface area contributed by atoms with Crippen molar-refractivity contribution < 1.29 is 0 Å². The van der Waals surface area contributed by atoms with Crippen LogP contribution in [0.4, 0.5) is 0 Å². The van der Waals surface area contributed by atoms with E-state index in [-0.39, 0.29) is 0 Å². The molecule has 7 atom stereocenters. The first-order valence-corrected chi connectivity index (χ1v) is 12.6.